The molecule has 1 aromatic carbocycles. The van der Waals surface area contributed by atoms with Crippen LogP contribution in [-0.2, 0) is 14.9 Å². The van der Waals surface area contributed by atoms with E-state index < -0.39 is 21.7 Å². The number of nitrogens with zero attached hydrogens (tertiary/aromatic N) is 6. The Bertz CT molecular complexity index is 789. The lowest BCUT2D eigenvalue weighted by molar-refractivity contribution is -0.110. The van der Waals surface area contributed by atoms with Gasteiger partial charge in [0.25, 0.3) is 10.1 Å². The lowest BCUT2D eigenvalue weighted by Crippen LogP contribution is -2.18. The van der Waals surface area contributed by atoms with Crippen molar-refractivity contribution in [1.29, 1.82) is 0 Å². The Morgan fingerprint density at radius 1 is 0.955 bits per heavy atom. The van der Waals surface area contributed by atoms with Crippen LogP contribution < -0.4 is 0 Å². The zero-order chi connectivity index (χ0) is 17.3. The first-order valence-electron chi connectivity index (χ1n) is 5.08. The SMILES string of the molecule is O=C1C=Cc2c(cccc2S(=O)(=O)O)C1=O.[N-]=[N+]=[N-].[N-]=[N+]=[N-]. The number of ketones is 2. The first kappa shape index (κ1) is 18.8. The number of benzene rings is 1. The highest BCUT2D eigenvalue weighted by molar-refractivity contribution is 7.86. The molecule has 0 amide bonds. The molecule has 0 unspecified atom stereocenters. The minimum atomic E-state index is -4.40. The molecule has 0 spiro atoms. The fourth-order valence-corrected chi connectivity index (χ4v) is 2.21. The molecule has 0 aliphatic heterocycles. The van der Waals surface area contributed by atoms with Gasteiger partial charge in [0.1, 0.15) is 4.90 Å². The van der Waals surface area contributed by atoms with E-state index >= 15 is 0 Å². The summed E-state index contributed by atoms with van der Waals surface area (Å²) >= 11 is 0. The maximum atomic E-state index is 11.4. The second-order valence-corrected chi connectivity index (χ2v) is 4.79. The smallest absolute Gasteiger partial charge is 0.295 e. The minimum absolute atomic E-state index is 0.0115. The zero-order valence-corrected chi connectivity index (χ0v) is 11.4. The first-order valence-corrected chi connectivity index (χ1v) is 6.52. The predicted octanol–water partition coefficient (Wildman–Crippen LogP) is 2.44. The van der Waals surface area contributed by atoms with Gasteiger partial charge in [0.2, 0.25) is 11.6 Å². The van der Waals surface area contributed by atoms with Gasteiger partial charge in [-0.05, 0) is 18.2 Å². The highest BCUT2D eigenvalue weighted by Crippen LogP contribution is 2.24. The van der Waals surface area contributed by atoms with Crippen molar-refractivity contribution in [3.8, 4) is 0 Å². The molecule has 1 aliphatic carbocycles. The topological polar surface area (TPSA) is 206 Å². The minimum Gasteiger partial charge on any atom is -0.373 e. The van der Waals surface area contributed by atoms with Crippen LogP contribution in [-0.4, -0.2) is 24.5 Å². The van der Waals surface area contributed by atoms with E-state index in [1.54, 1.807) is 0 Å². The Hall–Kier alpha value is -3.17. The maximum absolute atomic E-state index is 11.4. The van der Waals surface area contributed by atoms with Crippen molar-refractivity contribution in [3.63, 3.8) is 0 Å². The Balaban J connectivity index is 0.000000639. The molecule has 0 atom stereocenters. The van der Waals surface area contributed by atoms with Crippen molar-refractivity contribution in [1.82, 2.24) is 0 Å². The molecule has 0 fully saturated rings. The van der Waals surface area contributed by atoms with Crippen LogP contribution in [0.2, 0.25) is 0 Å². The maximum Gasteiger partial charge on any atom is 0.295 e. The molecule has 11 nitrogen and oxygen atoms in total. The normalized spacial score (nSPS) is 11.7. The van der Waals surface area contributed by atoms with Gasteiger partial charge in [0.15, 0.2) is 0 Å². The summed E-state index contributed by atoms with van der Waals surface area (Å²) in [5.41, 5.74) is 27.0. The summed E-state index contributed by atoms with van der Waals surface area (Å²) in [5.74, 6) is -1.48. The summed E-state index contributed by atoms with van der Waals surface area (Å²) in [4.78, 5) is 25.1. The molecular weight excluding hydrogens is 316 g/mol. The number of hydrogen-bond acceptors (Lipinski definition) is 4. The number of allylic oxidation sites excluding steroid dienone is 1. The molecule has 0 radical (unpaired) electrons. The molecular formula is C10H6N6O5S-2. The van der Waals surface area contributed by atoms with Crippen molar-refractivity contribution < 1.29 is 22.6 Å². The summed E-state index contributed by atoms with van der Waals surface area (Å²) in [7, 11) is -4.40. The number of Topliss-reactive ketones (excluding diaryl/α,β-unsaturated/α-hetero) is 1. The van der Waals surface area contributed by atoms with E-state index in [-0.39, 0.29) is 16.0 Å². The van der Waals surface area contributed by atoms with Crippen LogP contribution in [0.1, 0.15) is 15.9 Å². The number of rotatable bonds is 1. The standard InChI is InChI=1S/C10H6O5S.2N3/c11-8-5-4-6-7(10(8)12)2-1-3-9(6)16(13,14)15;2*1-3-2/h1-5H,(H,13,14,15);;/q;2*-1. The van der Waals surface area contributed by atoms with Gasteiger partial charge in [-0.1, -0.05) is 12.1 Å². The highest BCUT2D eigenvalue weighted by atomic mass is 32.2. The van der Waals surface area contributed by atoms with Crippen molar-refractivity contribution in [3.05, 3.63) is 67.3 Å². The van der Waals surface area contributed by atoms with Crippen molar-refractivity contribution in [2.45, 2.75) is 4.90 Å². The number of carbonyl (C=O) groups is 2. The van der Waals surface area contributed by atoms with E-state index in [4.69, 9.17) is 26.7 Å². The summed E-state index contributed by atoms with van der Waals surface area (Å²) in [5, 5.41) is 0. The van der Waals surface area contributed by atoms with E-state index in [1.807, 2.05) is 0 Å². The molecule has 22 heavy (non-hydrogen) atoms. The predicted molar refractivity (Wildman–Crippen MR) is 74.8 cm³/mol. The van der Waals surface area contributed by atoms with Crippen LogP contribution in [0.25, 0.3) is 38.0 Å². The van der Waals surface area contributed by atoms with Gasteiger partial charge in [0, 0.05) is 11.1 Å². The lowest BCUT2D eigenvalue weighted by Gasteiger charge is -2.10. The van der Waals surface area contributed by atoms with Crippen LogP contribution in [0.5, 0.6) is 0 Å². The van der Waals surface area contributed by atoms with E-state index in [2.05, 4.69) is 0 Å². The van der Waals surface area contributed by atoms with Gasteiger partial charge in [-0.2, -0.15) is 8.42 Å². The average molecular weight is 322 g/mol. The van der Waals surface area contributed by atoms with E-state index in [1.165, 1.54) is 34.1 Å². The van der Waals surface area contributed by atoms with Crippen LogP contribution >= 0.6 is 0 Å². The third-order valence-corrected chi connectivity index (χ3v) is 3.13. The van der Waals surface area contributed by atoms with E-state index in [0.717, 1.165) is 6.08 Å². The molecule has 1 N–H and O–H groups in total. The molecule has 2 rings (SSSR count). The quantitative estimate of drug-likeness (QED) is 0.271. The summed E-state index contributed by atoms with van der Waals surface area (Å²) < 4.78 is 31.0. The molecule has 0 heterocycles. The molecule has 0 aromatic heterocycles. The van der Waals surface area contributed by atoms with Gasteiger partial charge in [0.05, 0.1) is 0 Å². The Morgan fingerprint density at radius 3 is 1.91 bits per heavy atom. The van der Waals surface area contributed by atoms with Crippen LogP contribution in [0.15, 0.2) is 29.2 Å². The summed E-state index contributed by atoms with van der Waals surface area (Å²) in [6.45, 7) is 0. The summed E-state index contributed by atoms with van der Waals surface area (Å²) in [6.07, 6.45) is 2.20. The number of carbonyl (C=O) groups excluding carboxylic acids is 2. The Morgan fingerprint density at radius 2 is 1.45 bits per heavy atom. The highest BCUT2D eigenvalue weighted by Gasteiger charge is 2.25. The van der Waals surface area contributed by atoms with Crippen LogP contribution in [0.3, 0.4) is 0 Å². The molecule has 1 aromatic rings. The second kappa shape index (κ2) is 8.19. The van der Waals surface area contributed by atoms with Gasteiger partial charge < -0.3 is 22.1 Å². The Kier molecular flexibility index (Phi) is 7.01. The molecule has 1 aliphatic rings. The zero-order valence-electron chi connectivity index (χ0n) is 10.6. The molecule has 114 valence electrons. The van der Waals surface area contributed by atoms with Gasteiger partial charge in [-0.25, -0.2) is 0 Å². The molecule has 0 saturated heterocycles. The van der Waals surface area contributed by atoms with Crippen LogP contribution in [0.4, 0.5) is 0 Å². The monoisotopic (exact) mass is 322 g/mol. The fraction of sp³-hybridized carbons (Fsp3) is 0. The third kappa shape index (κ3) is 4.74. The number of fused-ring (bicyclic) bond motifs is 1. The molecule has 12 heteroatoms. The van der Waals surface area contributed by atoms with Gasteiger partial charge in [-0.15, -0.1) is 0 Å². The van der Waals surface area contributed by atoms with Crippen LogP contribution in [0, 0.1) is 0 Å². The largest absolute Gasteiger partial charge is 0.373 e. The van der Waals surface area contributed by atoms with E-state index in [9.17, 15) is 18.0 Å². The van der Waals surface area contributed by atoms with Crippen molar-refractivity contribution in [2.75, 3.05) is 0 Å². The average Bonchev–Trinajstić information content (AvgIpc) is 2.43. The molecule has 0 saturated carbocycles. The first-order chi connectivity index (χ1) is 10.2. The lowest BCUT2D eigenvalue weighted by atomic mass is 9.95. The van der Waals surface area contributed by atoms with Gasteiger partial charge in [-0.3, -0.25) is 24.0 Å². The second-order valence-electron chi connectivity index (χ2n) is 3.40. The van der Waals surface area contributed by atoms with Crippen molar-refractivity contribution >= 4 is 27.8 Å². The number of hydrogen-bond donors (Lipinski definition) is 1. The molecule has 0 bridgehead atoms. The summed E-state index contributed by atoms with van der Waals surface area (Å²) in [6, 6.07) is 3.81. The third-order valence-electron chi connectivity index (χ3n) is 2.21. The van der Waals surface area contributed by atoms with Crippen molar-refractivity contribution in [2.24, 2.45) is 0 Å². The van der Waals surface area contributed by atoms with Gasteiger partial charge >= 0.3 is 0 Å². The van der Waals surface area contributed by atoms with E-state index in [0.29, 0.717) is 0 Å². The Labute approximate surface area is 123 Å². The fourth-order valence-electron chi connectivity index (χ4n) is 1.51.